The maximum Gasteiger partial charge on any atom is 0.410 e. The highest BCUT2D eigenvalue weighted by atomic mass is 32.2. The topological polar surface area (TPSA) is 171 Å². The molecule has 4 rings (SSSR count). The number of quaternary nitrogens is 1. The third-order valence-corrected chi connectivity index (χ3v) is 9.69. The molecular formula is C28H39N4O9S+. The number of aliphatic hydroxyl groups excluding tert-OH is 2. The number of likely N-dealkylation sites (tertiary alicyclic amines) is 1. The average molecular weight is 608 g/mol. The van der Waals surface area contributed by atoms with Gasteiger partial charge in [0, 0.05) is 41.2 Å². The van der Waals surface area contributed by atoms with E-state index in [0.29, 0.717) is 34.3 Å². The molecule has 1 aromatic rings. The molecule has 2 saturated heterocycles. The number of carboxylic acids is 1. The van der Waals surface area contributed by atoms with E-state index in [1.54, 1.807) is 0 Å². The summed E-state index contributed by atoms with van der Waals surface area (Å²) in [6, 6.07) is 4.66. The molecule has 14 heteroatoms. The Morgan fingerprint density at radius 1 is 1.21 bits per heavy atom. The lowest BCUT2D eigenvalue weighted by Crippen LogP contribution is -2.63. The molecule has 3 aliphatic rings. The lowest BCUT2D eigenvalue weighted by atomic mass is 9.79. The molecule has 0 bridgehead atoms. The largest absolute Gasteiger partial charge is 0.477 e. The summed E-state index contributed by atoms with van der Waals surface area (Å²) in [5.74, 6) is -2.62. The summed E-state index contributed by atoms with van der Waals surface area (Å²) in [6.45, 7) is 4.11. The molecule has 13 nitrogen and oxygen atoms in total. The Morgan fingerprint density at radius 3 is 2.40 bits per heavy atom. The maximum absolute atomic E-state index is 13.3. The van der Waals surface area contributed by atoms with Crippen LogP contribution in [-0.4, -0.2) is 116 Å². The average Bonchev–Trinajstić information content (AvgIpc) is 3.43. The summed E-state index contributed by atoms with van der Waals surface area (Å²) < 4.78 is 6.16. The Balaban J connectivity index is 1.51. The third-order valence-electron chi connectivity index (χ3n) is 8.19. The lowest BCUT2D eigenvalue weighted by molar-refractivity contribution is -0.870. The predicted octanol–water partition coefficient (Wildman–Crippen LogP) is 2.02. The van der Waals surface area contributed by atoms with Crippen molar-refractivity contribution in [1.29, 1.82) is 0 Å². The van der Waals surface area contributed by atoms with Crippen LogP contribution in [0.3, 0.4) is 0 Å². The molecule has 230 valence electrons. The molecule has 7 atom stereocenters. The highest BCUT2D eigenvalue weighted by Crippen LogP contribution is 2.52. The minimum atomic E-state index is -1.22. The lowest BCUT2D eigenvalue weighted by Gasteiger charge is -2.46. The second-order valence-corrected chi connectivity index (χ2v) is 13.7. The number of nitro groups is 1. The number of non-ortho nitro benzene ring substituents is 1. The van der Waals surface area contributed by atoms with E-state index in [-0.39, 0.29) is 35.7 Å². The van der Waals surface area contributed by atoms with E-state index in [1.165, 1.54) is 52.8 Å². The van der Waals surface area contributed by atoms with Crippen LogP contribution in [0, 0.1) is 22.0 Å². The number of thioether (sulfide) groups is 1. The standard InChI is InChI=1S/C28H38N4O9S/c1-15-23-22(16(2)33)26(35)30(23)24(27(36)37)25(15)42-19-12-20(21(34)10-11-32(3,4)5)29(13-19)28(38)41-14-17-6-8-18(9-7-17)31(39)40/h6-9,15-16,19-23,33-34H,10-14H2,1-5H3/p+1/t15-,16-,19+,20+,21+,22-,23-/m1/s1. The zero-order valence-corrected chi connectivity index (χ0v) is 25.2. The smallest absolute Gasteiger partial charge is 0.410 e. The summed E-state index contributed by atoms with van der Waals surface area (Å²) >= 11 is 1.30. The van der Waals surface area contributed by atoms with Gasteiger partial charge in [-0.05, 0) is 31.0 Å². The molecule has 42 heavy (non-hydrogen) atoms. The number of nitrogens with zero attached hydrogens (tertiary/aromatic N) is 4. The summed E-state index contributed by atoms with van der Waals surface area (Å²) in [4.78, 5) is 51.9. The van der Waals surface area contributed by atoms with Crippen molar-refractivity contribution in [3.8, 4) is 0 Å². The molecule has 2 fully saturated rings. The van der Waals surface area contributed by atoms with E-state index < -0.39 is 53.1 Å². The maximum atomic E-state index is 13.3. The number of fused-ring (bicyclic) bond motifs is 1. The summed E-state index contributed by atoms with van der Waals surface area (Å²) in [5.41, 5.74) is 0.409. The fraction of sp³-hybridized carbons (Fsp3) is 0.607. The Labute approximate surface area is 248 Å². The second-order valence-electron chi connectivity index (χ2n) is 12.3. The molecule has 0 radical (unpaired) electrons. The van der Waals surface area contributed by atoms with Crippen LogP contribution in [0.2, 0.25) is 0 Å². The fourth-order valence-corrected chi connectivity index (χ4v) is 7.54. The third kappa shape index (κ3) is 6.41. The number of amides is 2. The zero-order chi connectivity index (χ0) is 31.1. The number of rotatable bonds is 11. The van der Waals surface area contributed by atoms with Crippen molar-refractivity contribution in [1.82, 2.24) is 9.80 Å². The van der Waals surface area contributed by atoms with Gasteiger partial charge in [-0.3, -0.25) is 14.9 Å². The Bertz CT molecular complexity index is 1260. The van der Waals surface area contributed by atoms with E-state index in [0.717, 1.165) is 0 Å². The first kappa shape index (κ1) is 31.7. The van der Waals surface area contributed by atoms with E-state index in [9.17, 15) is 39.8 Å². The fourth-order valence-electron chi connectivity index (χ4n) is 6.00. The van der Waals surface area contributed by atoms with Gasteiger partial charge in [-0.2, -0.15) is 0 Å². The van der Waals surface area contributed by atoms with Crippen LogP contribution in [0.15, 0.2) is 34.9 Å². The minimum absolute atomic E-state index is 0.0765. The summed E-state index contributed by atoms with van der Waals surface area (Å²) in [6.07, 6.45) is -1.59. The molecule has 0 aromatic heterocycles. The molecule has 0 saturated carbocycles. The number of aliphatic carboxylic acids is 1. The van der Waals surface area contributed by atoms with Gasteiger partial charge in [0.05, 0.1) is 62.8 Å². The Morgan fingerprint density at radius 2 is 1.86 bits per heavy atom. The van der Waals surface area contributed by atoms with E-state index >= 15 is 0 Å². The van der Waals surface area contributed by atoms with E-state index in [2.05, 4.69) is 0 Å². The zero-order valence-electron chi connectivity index (χ0n) is 24.4. The van der Waals surface area contributed by atoms with Crippen molar-refractivity contribution < 1.29 is 43.8 Å². The van der Waals surface area contributed by atoms with Crippen LogP contribution < -0.4 is 0 Å². The molecule has 3 heterocycles. The molecular weight excluding hydrogens is 568 g/mol. The van der Waals surface area contributed by atoms with Gasteiger partial charge in [0.15, 0.2) is 0 Å². The first-order chi connectivity index (χ1) is 19.6. The van der Waals surface area contributed by atoms with Gasteiger partial charge in [-0.15, -0.1) is 11.8 Å². The minimum Gasteiger partial charge on any atom is -0.477 e. The Kier molecular flexibility index (Phi) is 9.21. The molecule has 1 aromatic carbocycles. The number of hydrogen-bond donors (Lipinski definition) is 3. The number of carbonyl (C=O) groups is 3. The molecule has 2 amide bonds. The van der Waals surface area contributed by atoms with Gasteiger partial charge in [-0.1, -0.05) is 6.92 Å². The van der Waals surface area contributed by atoms with Crippen LogP contribution in [0.5, 0.6) is 0 Å². The molecule has 0 unspecified atom stereocenters. The number of β-lactam (4-membered cyclic amide) rings is 1. The van der Waals surface area contributed by atoms with Crippen molar-refractivity contribution in [2.24, 2.45) is 11.8 Å². The highest BCUT2D eigenvalue weighted by molar-refractivity contribution is 8.03. The van der Waals surface area contributed by atoms with E-state index in [1.807, 2.05) is 28.1 Å². The van der Waals surface area contributed by atoms with Gasteiger partial charge in [0.2, 0.25) is 5.91 Å². The van der Waals surface area contributed by atoms with Crippen molar-refractivity contribution in [3.05, 3.63) is 50.5 Å². The monoisotopic (exact) mass is 607 g/mol. The van der Waals surface area contributed by atoms with Gasteiger partial charge in [0.1, 0.15) is 12.3 Å². The van der Waals surface area contributed by atoms with Crippen LogP contribution in [-0.2, 0) is 20.9 Å². The number of aliphatic hydroxyl groups is 2. The van der Waals surface area contributed by atoms with Gasteiger partial charge < -0.3 is 34.3 Å². The molecule has 3 aliphatic heterocycles. The number of ether oxygens (including phenoxy) is 1. The van der Waals surface area contributed by atoms with Crippen LogP contribution in [0.4, 0.5) is 10.5 Å². The van der Waals surface area contributed by atoms with Gasteiger partial charge in [-0.25, -0.2) is 9.59 Å². The van der Waals surface area contributed by atoms with Crippen molar-refractivity contribution in [2.45, 2.75) is 62.8 Å². The Hall–Kier alpha value is -3.20. The first-order valence-electron chi connectivity index (χ1n) is 13.9. The number of nitro benzene ring substituents is 1. The van der Waals surface area contributed by atoms with Crippen LogP contribution in [0.25, 0.3) is 0 Å². The SMILES string of the molecule is C[C@@H](O)[C@H]1C(=O)N2C(C(=O)O)=C(S[C@H]3C[C@@H]([C@@H](O)CC[N+](C)(C)C)N(C(=O)OCc4ccc([N+](=O)[O-])cc4)C3)[C@H](C)[C@H]12. The number of carbonyl (C=O) groups excluding carboxylic acids is 2. The molecule has 0 spiro atoms. The number of hydrogen-bond acceptors (Lipinski definition) is 9. The van der Waals surface area contributed by atoms with Gasteiger partial charge >= 0.3 is 12.1 Å². The van der Waals surface area contributed by atoms with Gasteiger partial charge in [0.25, 0.3) is 5.69 Å². The number of carboxylic acid groups (broad SMARTS) is 1. The summed E-state index contributed by atoms with van der Waals surface area (Å²) in [5, 5.41) is 42.0. The van der Waals surface area contributed by atoms with E-state index in [4.69, 9.17) is 4.74 Å². The molecule has 3 N–H and O–H groups in total. The second kappa shape index (κ2) is 12.2. The summed E-state index contributed by atoms with van der Waals surface area (Å²) in [7, 11) is 6.01. The van der Waals surface area contributed by atoms with Crippen molar-refractivity contribution in [2.75, 3.05) is 34.2 Å². The first-order valence-corrected chi connectivity index (χ1v) is 14.8. The quantitative estimate of drug-likeness (QED) is 0.146. The van der Waals surface area contributed by atoms with Crippen molar-refractivity contribution in [3.63, 3.8) is 0 Å². The highest BCUT2D eigenvalue weighted by Gasteiger charge is 2.60. The predicted molar refractivity (Wildman–Crippen MR) is 153 cm³/mol. The number of benzene rings is 1. The van der Waals surface area contributed by atoms with Crippen LogP contribution in [0.1, 0.15) is 32.3 Å². The molecule has 0 aliphatic carbocycles. The van der Waals surface area contributed by atoms with Crippen molar-refractivity contribution >= 4 is 35.4 Å². The van der Waals surface area contributed by atoms with Crippen LogP contribution >= 0.6 is 11.8 Å². The normalized spacial score (nSPS) is 27.0.